The molecule has 7 fully saturated rings. The Kier molecular flexibility index (Phi) is 2.71. The molecule has 3 saturated heterocycles. The lowest BCUT2D eigenvalue weighted by Gasteiger charge is -2.65. The molecule has 0 amide bonds. The molecular formula is C21H30NO4+. The highest BCUT2D eigenvalue weighted by Gasteiger charge is 2.84. The molecule has 1 N–H and O–H groups in total. The molecule has 142 valence electrons. The van der Waals surface area contributed by atoms with Gasteiger partial charge in [-0.15, -0.1) is 0 Å². The molecule has 3 heterocycles. The van der Waals surface area contributed by atoms with Crippen molar-refractivity contribution in [1.29, 1.82) is 0 Å². The van der Waals surface area contributed by atoms with Crippen LogP contribution in [0.15, 0.2) is 0 Å². The Bertz CT molecular complexity index is 693. The van der Waals surface area contributed by atoms with Gasteiger partial charge in [0.1, 0.15) is 17.7 Å². The molecule has 4 unspecified atom stereocenters. The van der Waals surface area contributed by atoms with Crippen molar-refractivity contribution in [1.82, 2.24) is 0 Å². The highest BCUT2D eigenvalue weighted by atomic mass is 16.6. The molecule has 2 spiro atoms. The number of carbonyl (C=O) groups is 1. The van der Waals surface area contributed by atoms with Gasteiger partial charge in [-0.1, -0.05) is 0 Å². The summed E-state index contributed by atoms with van der Waals surface area (Å²) >= 11 is 0. The van der Waals surface area contributed by atoms with Crippen LogP contribution in [0, 0.1) is 23.2 Å². The number of aliphatic hydroxyl groups is 1. The summed E-state index contributed by atoms with van der Waals surface area (Å²) in [5.74, 6) is 2.13. The largest absolute Gasteiger partial charge is 0.390 e. The van der Waals surface area contributed by atoms with Gasteiger partial charge in [0.25, 0.3) is 0 Å². The third-order valence-electron chi connectivity index (χ3n) is 9.85. The molecule has 0 radical (unpaired) electrons. The van der Waals surface area contributed by atoms with Gasteiger partial charge < -0.3 is 14.6 Å². The molecule has 26 heavy (non-hydrogen) atoms. The van der Waals surface area contributed by atoms with Gasteiger partial charge in [-0.3, -0.25) is 9.28 Å². The van der Waals surface area contributed by atoms with Crippen LogP contribution in [0.4, 0.5) is 0 Å². The molecular weight excluding hydrogens is 330 g/mol. The highest BCUT2D eigenvalue weighted by Crippen LogP contribution is 2.73. The van der Waals surface area contributed by atoms with Crippen LogP contribution in [-0.4, -0.2) is 65.1 Å². The van der Waals surface area contributed by atoms with Gasteiger partial charge in [0.15, 0.2) is 12.5 Å². The zero-order chi connectivity index (χ0) is 17.3. The Morgan fingerprint density at radius 3 is 2.92 bits per heavy atom. The van der Waals surface area contributed by atoms with Gasteiger partial charge in [-0.25, -0.2) is 0 Å². The number of ketones is 1. The Labute approximate surface area is 154 Å². The molecule has 3 aliphatic heterocycles. The second-order valence-electron chi connectivity index (χ2n) is 10.7. The van der Waals surface area contributed by atoms with Crippen LogP contribution in [0.25, 0.3) is 0 Å². The second kappa shape index (κ2) is 4.56. The number of ether oxygens (including phenoxy) is 2. The first-order valence-electron chi connectivity index (χ1n) is 11.0. The lowest BCUT2D eigenvalue weighted by Crippen LogP contribution is -2.77. The summed E-state index contributed by atoms with van der Waals surface area (Å²) in [4.78, 5) is 13.0. The van der Waals surface area contributed by atoms with Crippen molar-refractivity contribution in [3.05, 3.63) is 0 Å². The minimum atomic E-state index is -0.397. The molecule has 5 nitrogen and oxygen atoms in total. The number of Topliss-reactive ketones (excluding diaryl/α,β-unsaturated/α-hetero) is 1. The van der Waals surface area contributed by atoms with E-state index in [0.29, 0.717) is 24.3 Å². The van der Waals surface area contributed by atoms with Gasteiger partial charge >= 0.3 is 0 Å². The van der Waals surface area contributed by atoms with Crippen LogP contribution in [-0.2, 0) is 14.3 Å². The average molecular weight is 360 g/mol. The van der Waals surface area contributed by atoms with Crippen molar-refractivity contribution < 1.29 is 23.9 Å². The molecule has 4 aliphatic carbocycles. The zero-order valence-electron chi connectivity index (χ0n) is 15.4. The summed E-state index contributed by atoms with van der Waals surface area (Å²) in [5.41, 5.74) is -0.310. The van der Waals surface area contributed by atoms with Gasteiger partial charge in [-0.05, 0) is 38.0 Å². The van der Waals surface area contributed by atoms with E-state index in [1.165, 1.54) is 30.3 Å². The quantitative estimate of drug-likeness (QED) is 0.761. The van der Waals surface area contributed by atoms with E-state index in [9.17, 15) is 9.90 Å². The minimum absolute atomic E-state index is 0.133. The number of nitrogens with zero attached hydrogens (tertiary/aromatic N) is 1. The Morgan fingerprint density at radius 2 is 2.08 bits per heavy atom. The van der Waals surface area contributed by atoms with Gasteiger partial charge in [0, 0.05) is 36.5 Å². The standard InChI is InChI=1S/C21H30NO4/c23-14-4-3-13-9-16-21-6-5-15(24)19-20(21,17(13)18(14)26-19)7-8-22(16,11-25-21)10-12-1-2-12/h12-14,16-19,23H,1-11H2/q+1/t13?,14?,16-,17?,18?,19+,20+,21-,22-/m1/s1. The number of carbonyl (C=O) groups excluding carboxylic acids is 1. The average Bonchev–Trinajstić information content (AvgIpc) is 3.32. The maximum Gasteiger partial charge on any atom is 0.184 e. The fourth-order valence-electron chi connectivity index (χ4n) is 8.86. The Balaban J connectivity index is 1.41. The smallest absolute Gasteiger partial charge is 0.184 e. The molecule has 7 aliphatic rings. The van der Waals surface area contributed by atoms with Crippen molar-refractivity contribution in [3.63, 3.8) is 0 Å². The van der Waals surface area contributed by atoms with Gasteiger partial charge in [0.05, 0.1) is 25.3 Å². The first kappa shape index (κ1) is 15.4. The summed E-state index contributed by atoms with van der Waals surface area (Å²) in [6.45, 7) is 3.31. The van der Waals surface area contributed by atoms with Crippen molar-refractivity contribution in [2.45, 2.75) is 81.3 Å². The van der Waals surface area contributed by atoms with Crippen molar-refractivity contribution >= 4 is 5.78 Å². The number of quaternary nitrogens is 1. The molecule has 4 saturated carbocycles. The summed E-state index contributed by atoms with van der Waals surface area (Å²) in [5, 5.41) is 10.7. The number of hydrogen-bond donors (Lipinski definition) is 1. The lowest BCUT2D eigenvalue weighted by molar-refractivity contribution is -0.956. The van der Waals surface area contributed by atoms with Gasteiger partial charge in [-0.2, -0.15) is 0 Å². The van der Waals surface area contributed by atoms with E-state index < -0.39 is 6.10 Å². The van der Waals surface area contributed by atoms with E-state index in [4.69, 9.17) is 9.47 Å². The second-order valence-corrected chi connectivity index (χ2v) is 10.7. The maximum atomic E-state index is 13.0. The normalized spacial score (nSPS) is 62.3. The molecule has 0 aromatic rings. The Hall–Kier alpha value is -0.490. The summed E-state index contributed by atoms with van der Waals surface area (Å²) in [6.07, 6.45) is 7.69. The monoisotopic (exact) mass is 360 g/mol. The number of aliphatic hydroxyl groups excluding tert-OH is 1. The zero-order valence-corrected chi connectivity index (χ0v) is 15.4. The predicted octanol–water partition coefficient (Wildman–Crippen LogP) is 1.62. The van der Waals surface area contributed by atoms with Crippen molar-refractivity contribution in [2.75, 3.05) is 19.8 Å². The van der Waals surface area contributed by atoms with E-state index in [2.05, 4.69) is 0 Å². The van der Waals surface area contributed by atoms with Crippen molar-refractivity contribution in [2.24, 2.45) is 23.2 Å². The van der Waals surface area contributed by atoms with E-state index >= 15 is 0 Å². The molecule has 9 atom stereocenters. The predicted molar refractivity (Wildman–Crippen MR) is 92.0 cm³/mol. The summed E-state index contributed by atoms with van der Waals surface area (Å²) in [6, 6.07) is 0.561. The Morgan fingerprint density at radius 1 is 1.19 bits per heavy atom. The minimum Gasteiger partial charge on any atom is -0.390 e. The van der Waals surface area contributed by atoms with Crippen LogP contribution >= 0.6 is 0 Å². The summed E-state index contributed by atoms with van der Waals surface area (Å²) < 4.78 is 14.5. The van der Waals surface area contributed by atoms with Crippen molar-refractivity contribution in [3.8, 4) is 0 Å². The fraction of sp³-hybridized carbons (Fsp3) is 0.952. The molecule has 4 bridgehead atoms. The number of rotatable bonds is 2. The third-order valence-corrected chi connectivity index (χ3v) is 9.85. The van der Waals surface area contributed by atoms with Crippen LogP contribution in [0.2, 0.25) is 0 Å². The van der Waals surface area contributed by atoms with Crippen LogP contribution in [0.1, 0.15) is 51.4 Å². The maximum absolute atomic E-state index is 13.0. The van der Waals surface area contributed by atoms with E-state index in [1.54, 1.807) is 0 Å². The van der Waals surface area contributed by atoms with E-state index in [0.717, 1.165) is 44.9 Å². The first-order chi connectivity index (χ1) is 12.6. The van der Waals surface area contributed by atoms with E-state index in [1.807, 2.05) is 0 Å². The molecule has 0 aromatic heterocycles. The first-order valence-corrected chi connectivity index (χ1v) is 11.0. The number of hydrogen-bond acceptors (Lipinski definition) is 4. The fourth-order valence-corrected chi connectivity index (χ4v) is 8.86. The van der Waals surface area contributed by atoms with Crippen LogP contribution in [0.3, 0.4) is 0 Å². The number of piperidine rings is 1. The van der Waals surface area contributed by atoms with E-state index in [-0.39, 0.29) is 29.0 Å². The lowest BCUT2D eigenvalue weighted by atomic mass is 9.42. The topological polar surface area (TPSA) is 55.8 Å². The van der Waals surface area contributed by atoms with Crippen LogP contribution in [0.5, 0.6) is 0 Å². The summed E-state index contributed by atoms with van der Waals surface area (Å²) in [7, 11) is 0. The highest BCUT2D eigenvalue weighted by molar-refractivity contribution is 5.86. The molecule has 5 heteroatoms. The molecule has 7 rings (SSSR count). The third kappa shape index (κ3) is 1.49. The van der Waals surface area contributed by atoms with Crippen LogP contribution < -0.4 is 0 Å². The molecule has 0 aromatic carbocycles. The SMILES string of the molecule is O=C1CC[C@]23OC[N@+]4(CC5CC5)CC[C@@]25C2C(CCC(O)C2O[C@@H]15)C[C@H]34. The van der Waals surface area contributed by atoms with Gasteiger partial charge in [0.2, 0.25) is 0 Å².